The van der Waals surface area contributed by atoms with Crippen LogP contribution in [0.15, 0.2) is 47.6 Å². The van der Waals surface area contributed by atoms with Crippen LogP contribution in [0.5, 0.6) is 0 Å². The summed E-state index contributed by atoms with van der Waals surface area (Å²) in [6.07, 6.45) is -2.16. The van der Waals surface area contributed by atoms with Gasteiger partial charge in [0.2, 0.25) is 10.0 Å². The van der Waals surface area contributed by atoms with Crippen LogP contribution in [0.3, 0.4) is 0 Å². The standard InChI is InChI=1S/C18H20F3N3O2S/c1-17(2)14(9-24-15-10-23-8-7-13(15)18(19,20)21)16(17)11-3-5-12(6-4-11)27(22,25)26/h3-8,10,14,16,24H,9H2,1-2H3,(H2,22,25,26). The van der Waals surface area contributed by atoms with Gasteiger partial charge in [-0.05, 0) is 41.0 Å². The van der Waals surface area contributed by atoms with E-state index in [4.69, 9.17) is 5.14 Å². The Morgan fingerprint density at radius 3 is 2.37 bits per heavy atom. The molecule has 1 saturated carbocycles. The summed E-state index contributed by atoms with van der Waals surface area (Å²) in [5.74, 6) is 0.199. The van der Waals surface area contributed by atoms with E-state index in [0.29, 0.717) is 6.54 Å². The Kier molecular flexibility index (Phi) is 4.72. The molecule has 0 amide bonds. The van der Waals surface area contributed by atoms with Crippen molar-refractivity contribution in [3.63, 3.8) is 0 Å². The van der Waals surface area contributed by atoms with Crippen LogP contribution in [-0.2, 0) is 16.2 Å². The Morgan fingerprint density at radius 1 is 1.19 bits per heavy atom. The second-order valence-electron chi connectivity index (χ2n) is 7.32. The summed E-state index contributed by atoms with van der Waals surface area (Å²) >= 11 is 0. The predicted molar refractivity (Wildman–Crippen MR) is 95.6 cm³/mol. The van der Waals surface area contributed by atoms with E-state index in [9.17, 15) is 21.6 Å². The van der Waals surface area contributed by atoms with Crippen LogP contribution in [0.1, 0.15) is 30.9 Å². The summed E-state index contributed by atoms with van der Waals surface area (Å²) in [6.45, 7) is 4.42. The molecule has 27 heavy (non-hydrogen) atoms. The molecule has 0 aliphatic heterocycles. The molecular formula is C18H20F3N3O2S. The molecule has 0 spiro atoms. The van der Waals surface area contributed by atoms with Crippen molar-refractivity contribution in [3.05, 3.63) is 53.9 Å². The van der Waals surface area contributed by atoms with Gasteiger partial charge in [-0.3, -0.25) is 4.98 Å². The fourth-order valence-electron chi connectivity index (χ4n) is 3.65. The summed E-state index contributed by atoms with van der Waals surface area (Å²) in [5.41, 5.74) is 0.0129. The number of halogens is 3. The summed E-state index contributed by atoms with van der Waals surface area (Å²) < 4.78 is 62.0. The van der Waals surface area contributed by atoms with Crippen molar-refractivity contribution in [1.82, 2.24) is 4.98 Å². The second-order valence-corrected chi connectivity index (χ2v) is 8.88. The number of nitrogens with two attached hydrogens (primary N) is 1. The maximum absolute atomic E-state index is 13.1. The first-order valence-electron chi connectivity index (χ1n) is 8.30. The normalized spacial score (nSPS) is 21.7. The van der Waals surface area contributed by atoms with Gasteiger partial charge in [0.25, 0.3) is 0 Å². The number of nitrogens with zero attached hydrogens (tertiary/aromatic N) is 1. The predicted octanol–water partition coefficient (Wildman–Crippen LogP) is 3.60. The Labute approximate surface area is 155 Å². The number of anilines is 1. The highest BCUT2D eigenvalue weighted by atomic mass is 32.2. The van der Waals surface area contributed by atoms with Crippen molar-refractivity contribution in [3.8, 4) is 0 Å². The number of rotatable bonds is 5. The quantitative estimate of drug-likeness (QED) is 0.805. The number of benzene rings is 1. The van der Waals surface area contributed by atoms with E-state index in [1.54, 1.807) is 12.1 Å². The number of primary sulfonamides is 1. The molecule has 0 radical (unpaired) electrons. The van der Waals surface area contributed by atoms with E-state index in [-0.39, 0.29) is 27.8 Å². The first-order chi connectivity index (χ1) is 12.4. The molecular weight excluding hydrogens is 379 g/mol. The maximum Gasteiger partial charge on any atom is 0.418 e. The third kappa shape index (κ3) is 3.93. The van der Waals surface area contributed by atoms with E-state index in [2.05, 4.69) is 10.3 Å². The van der Waals surface area contributed by atoms with Crippen molar-refractivity contribution in [2.24, 2.45) is 16.5 Å². The van der Waals surface area contributed by atoms with Crippen LogP contribution in [0.2, 0.25) is 0 Å². The van der Waals surface area contributed by atoms with E-state index in [1.807, 2.05) is 13.8 Å². The number of sulfonamides is 1. The molecule has 2 aromatic rings. The number of alkyl halides is 3. The molecule has 2 unspecified atom stereocenters. The molecule has 146 valence electrons. The topological polar surface area (TPSA) is 85.1 Å². The Hall–Kier alpha value is -2.13. The van der Waals surface area contributed by atoms with Gasteiger partial charge in [0.15, 0.2) is 0 Å². The minimum absolute atomic E-state index is 0.0320. The zero-order valence-corrected chi connectivity index (χ0v) is 15.6. The van der Waals surface area contributed by atoms with Crippen molar-refractivity contribution in [2.45, 2.75) is 30.8 Å². The Bertz CT molecular complexity index is 941. The molecule has 9 heteroatoms. The van der Waals surface area contributed by atoms with Gasteiger partial charge in [-0.15, -0.1) is 0 Å². The average molecular weight is 399 g/mol. The highest BCUT2D eigenvalue weighted by Gasteiger charge is 2.57. The van der Waals surface area contributed by atoms with Gasteiger partial charge < -0.3 is 5.32 Å². The largest absolute Gasteiger partial charge is 0.418 e. The number of hydrogen-bond acceptors (Lipinski definition) is 4. The zero-order valence-electron chi connectivity index (χ0n) is 14.8. The molecule has 0 bridgehead atoms. The van der Waals surface area contributed by atoms with E-state index in [0.717, 1.165) is 17.8 Å². The Balaban J connectivity index is 1.74. The van der Waals surface area contributed by atoms with Crippen LogP contribution in [0.4, 0.5) is 18.9 Å². The number of aromatic nitrogens is 1. The molecule has 1 heterocycles. The molecule has 3 rings (SSSR count). The van der Waals surface area contributed by atoms with Gasteiger partial charge in [0, 0.05) is 12.7 Å². The molecule has 1 aromatic carbocycles. The summed E-state index contributed by atoms with van der Waals surface area (Å²) in [7, 11) is -3.76. The molecule has 3 N–H and O–H groups in total. The third-order valence-corrected chi connectivity index (χ3v) is 6.19. The monoisotopic (exact) mass is 399 g/mol. The minimum Gasteiger partial charge on any atom is -0.383 e. The Morgan fingerprint density at radius 2 is 1.81 bits per heavy atom. The summed E-state index contributed by atoms with van der Waals surface area (Å²) in [4.78, 5) is 3.80. The van der Waals surface area contributed by atoms with Crippen LogP contribution < -0.4 is 10.5 Å². The van der Waals surface area contributed by atoms with Crippen LogP contribution >= 0.6 is 0 Å². The van der Waals surface area contributed by atoms with Gasteiger partial charge in [0.05, 0.1) is 22.3 Å². The number of nitrogens with one attached hydrogen (secondary N) is 1. The molecule has 1 aliphatic carbocycles. The molecule has 0 saturated heterocycles. The fourth-order valence-corrected chi connectivity index (χ4v) is 4.17. The molecule has 1 aliphatic rings. The van der Waals surface area contributed by atoms with E-state index >= 15 is 0 Å². The zero-order chi connectivity index (χ0) is 20.0. The van der Waals surface area contributed by atoms with Crippen molar-refractivity contribution in [2.75, 3.05) is 11.9 Å². The van der Waals surface area contributed by atoms with Crippen LogP contribution in [-0.4, -0.2) is 19.9 Å². The lowest BCUT2D eigenvalue weighted by Crippen LogP contribution is -2.14. The lowest BCUT2D eigenvalue weighted by Gasteiger charge is -2.14. The molecule has 1 fully saturated rings. The average Bonchev–Trinajstić information content (AvgIpc) is 3.12. The van der Waals surface area contributed by atoms with Crippen LogP contribution in [0, 0.1) is 11.3 Å². The SMILES string of the molecule is CC1(C)C(CNc2cnccc2C(F)(F)F)C1c1ccc(S(N)(=O)=O)cc1. The van der Waals surface area contributed by atoms with Gasteiger partial charge >= 0.3 is 6.18 Å². The lowest BCUT2D eigenvalue weighted by atomic mass is 10.0. The van der Waals surface area contributed by atoms with Crippen molar-refractivity contribution in [1.29, 1.82) is 0 Å². The van der Waals surface area contributed by atoms with Crippen LogP contribution in [0.25, 0.3) is 0 Å². The molecule has 1 aromatic heterocycles. The summed E-state index contributed by atoms with van der Waals surface area (Å²) in [6, 6.07) is 7.26. The molecule has 2 atom stereocenters. The highest BCUT2D eigenvalue weighted by Crippen LogP contribution is 2.64. The second kappa shape index (κ2) is 6.49. The van der Waals surface area contributed by atoms with Gasteiger partial charge in [0.1, 0.15) is 0 Å². The smallest absolute Gasteiger partial charge is 0.383 e. The summed E-state index contributed by atoms with van der Waals surface area (Å²) in [5, 5.41) is 7.98. The first-order valence-corrected chi connectivity index (χ1v) is 9.85. The fraction of sp³-hybridized carbons (Fsp3) is 0.389. The molecule has 5 nitrogen and oxygen atoms in total. The van der Waals surface area contributed by atoms with E-state index in [1.165, 1.54) is 18.3 Å². The van der Waals surface area contributed by atoms with Gasteiger partial charge in [-0.1, -0.05) is 26.0 Å². The van der Waals surface area contributed by atoms with Crippen molar-refractivity contribution < 1.29 is 21.6 Å². The van der Waals surface area contributed by atoms with Crippen molar-refractivity contribution >= 4 is 15.7 Å². The lowest BCUT2D eigenvalue weighted by molar-refractivity contribution is -0.137. The van der Waals surface area contributed by atoms with E-state index < -0.39 is 21.8 Å². The highest BCUT2D eigenvalue weighted by molar-refractivity contribution is 7.89. The number of pyridine rings is 1. The number of hydrogen-bond donors (Lipinski definition) is 2. The first kappa shape index (κ1) is 19.6. The van der Waals surface area contributed by atoms with Gasteiger partial charge in [-0.2, -0.15) is 13.2 Å². The minimum atomic E-state index is -4.45. The maximum atomic E-state index is 13.1. The third-order valence-electron chi connectivity index (χ3n) is 5.26. The van der Waals surface area contributed by atoms with Gasteiger partial charge in [-0.25, -0.2) is 13.6 Å².